The molecule has 86 valence electrons. The molecule has 0 bridgehead atoms. The maximum absolute atomic E-state index is 10.5. The summed E-state index contributed by atoms with van der Waals surface area (Å²) in [5.74, 6) is -0.0307. The van der Waals surface area contributed by atoms with E-state index < -0.39 is 5.60 Å². The topological polar surface area (TPSA) is 40.5 Å². The van der Waals surface area contributed by atoms with Crippen molar-refractivity contribution in [2.75, 3.05) is 6.61 Å². The first-order valence-electron chi connectivity index (χ1n) is 5.84. The summed E-state index contributed by atoms with van der Waals surface area (Å²) in [6.07, 6.45) is 8.73. The Bertz CT molecular complexity index is 245. The van der Waals surface area contributed by atoms with Crippen LogP contribution >= 0.6 is 0 Å². The Morgan fingerprint density at radius 1 is 1.67 bits per heavy atom. The molecule has 0 spiro atoms. The van der Waals surface area contributed by atoms with Crippen LogP contribution in [0.2, 0.25) is 0 Å². The Morgan fingerprint density at radius 2 is 2.40 bits per heavy atom. The van der Waals surface area contributed by atoms with Crippen molar-refractivity contribution in [1.82, 2.24) is 0 Å². The minimum atomic E-state index is -1.06. The number of aliphatic hydroxyl groups is 2. The largest absolute Gasteiger partial charge is 0.393 e. The zero-order valence-corrected chi connectivity index (χ0v) is 9.58. The fraction of sp³-hybridized carbons (Fsp3) is 0.692. The lowest BCUT2D eigenvalue weighted by Gasteiger charge is -2.34. The van der Waals surface area contributed by atoms with Crippen molar-refractivity contribution in [3.05, 3.63) is 24.3 Å². The van der Waals surface area contributed by atoms with Gasteiger partial charge in [-0.05, 0) is 31.3 Å². The standard InChI is InChI=1S/C13H22O2/c1-3-7-11(4-2)13(15,10-14)12-8-5-6-9-12/h4,8,11,14-15H,2-3,5-7,9-10H2,1H3/t11-,13+/m1/s1. The fourth-order valence-corrected chi connectivity index (χ4v) is 2.38. The second kappa shape index (κ2) is 5.47. The van der Waals surface area contributed by atoms with E-state index in [0.717, 1.165) is 37.7 Å². The van der Waals surface area contributed by atoms with Gasteiger partial charge in [-0.15, -0.1) is 6.58 Å². The highest BCUT2D eigenvalue weighted by molar-refractivity contribution is 5.24. The molecule has 0 saturated heterocycles. The summed E-state index contributed by atoms with van der Waals surface area (Å²) in [6, 6.07) is 0. The molecule has 2 nitrogen and oxygen atoms in total. The van der Waals surface area contributed by atoms with E-state index >= 15 is 0 Å². The van der Waals surface area contributed by atoms with E-state index in [9.17, 15) is 10.2 Å². The van der Waals surface area contributed by atoms with Crippen LogP contribution in [-0.2, 0) is 0 Å². The van der Waals surface area contributed by atoms with Crippen LogP contribution in [0.3, 0.4) is 0 Å². The Kier molecular flexibility index (Phi) is 4.55. The van der Waals surface area contributed by atoms with E-state index in [0.29, 0.717) is 0 Å². The Labute approximate surface area is 92.3 Å². The van der Waals surface area contributed by atoms with Crippen molar-refractivity contribution < 1.29 is 10.2 Å². The van der Waals surface area contributed by atoms with Gasteiger partial charge in [-0.25, -0.2) is 0 Å². The molecule has 0 aromatic rings. The number of hydrogen-bond acceptors (Lipinski definition) is 2. The molecule has 0 radical (unpaired) electrons. The van der Waals surface area contributed by atoms with Gasteiger partial charge in [-0.3, -0.25) is 0 Å². The molecule has 0 amide bonds. The fourth-order valence-electron chi connectivity index (χ4n) is 2.38. The Hall–Kier alpha value is -0.600. The maximum Gasteiger partial charge on any atom is 0.115 e. The third kappa shape index (κ3) is 2.50. The normalized spacial score (nSPS) is 21.9. The van der Waals surface area contributed by atoms with Gasteiger partial charge in [0.2, 0.25) is 0 Å². The summed E-state index contributed by atoms with van der Waals surface area (Å²) >= 11 is 0. The van der Waals surface area contributed by atoms with Crippen LogP contribution in [0.5, 0.6) is 0 Å². The minimum absolute atomic E-state index is 0.0307. The van der Waals surface area contributed by atoms with Gasteiger partial charge in [0.25, 0.3) is 0 Å². The maximum atomic E-state index is 10.5. The van der Waals surface area contributed by atoms with Gasteiger partial charge in [0.05, 0.1) is 6.61 Å². The molecular formula is C13H22O2. The predicted octanol–water partition coefficient (Wildman–Crippen LogP) is 2.42. The third-order valence-corrected chi connectivity index (χ3v) is 3.34. The SMILES string of the molecule is C=C[C@H](CCC)[C@@](O)(CO)C1=CCCC1. The van der Waals surface area contributed by atoms with Crippen LogP contribution in [-0.4, -0.2) is 22.4 Å². The van der Waals surface area contributed by atoms with Gasteiger partial charge < -0.3 is 10.2 Å². The van der Waals surface area contributed by atoms with Crippen LogP contribution in [0, 0.1) is 5.92 Å². The molecule has 2 atom stereocenters. The van der Waals surface area contributed by atoms with E-state index in [1.165, 1.54) is 0 Å². The van der Waals surface area contributed by atoms with E-state index in [1.807, 2.05) is 0 Å². The first kappa shape index (κ1) is 12.5. The van der Waals surface area contributed by atoms with Crippen molar-refractivity contribution in [3.8, 4) is 0 Å². The summed E-state index contributed by atoms with van der Waals surface area (Å²) in [7, 11) is 0. The van der Waals surface area contributed by atoms with E-state index in [2.05, 4.69) is 19.6 Å². The first-order chi connectivity index (χ1) is 7.19. The van der Waals surface area contributed by atoms with Crippen LogP contribution in [0.15, 0.2) is 24.3 Å². The van der Waals surface area contributed by atoms with Crippen LogP contribution in [0.4, 0.5) is 0 Å². The summed E-state index contributed by atoms with van der Waals surface area (Å²) in [5.41, 5.74) is -0.0581. The molecule has 1 aliphatic rings. The molecule has 2 heteroatoms. The van der Waals surface area contributed by atoms with E-state index in [4.69, 9.17) is 0 Å². The monoisotopic (exact) mass is 210 g/mol. The molecule has 0 unspecified atom stereocenters. The summed E-state index contributed by atoms with van der Waals surface area (Å²) < 4.78 is 0. The average molecular weight is 210 g/mol. The highest BCUT2D eigenvalue weighted by Crippen LogP contribution is 2.36. The summed E-state index contributed by atoms with van der Waals surface area (Å²) in [4.78, 5) is 0. The molecule has 0 saturated carbocycles. The van der Waals surface area contributed by atoms with Crippen molar-refractivity contribution in [3.63, 3.8) is 0 Å². The lowest BCUT2D eigenvalue weighted by molar-refractivity contribution is -0.0203. The number of hydrogen-bond donors (Lipinski definition) is 2. The zero-order valence-electron chi connectivity index (χ0n) is 9.58. The second-order valence-corrected chi connectivity index (χ2v) is 4.33. The van der Waals surface area contributed by atoms with Crippen molar-refractivity contribution in [1.29, 1.82) is 0 Å². The molecule has 0 aliphatic heterocycles. The third-order valence-electron chi connectivity index (χ3n) is 3.34. The van der Waals surface area contributed by atoms with Crippen molar-refractivity contribution in [2.45, 2.75) is 44.6 Å². The number of rotatable bonds is 6. The van der Waals surface area contributed by atoms with Gasteiger partial charge in [0.15, 0.2) is 0 Å². The second-order valence-electron chi connectivity index (χ2n) is 4.33. The highest BCUT2D eigenvalue weighted by atomic mass is 16.3. The van der Waals surface area contributed by atoms with Crippen LogP contribution in [0.1, 0.15) is 39.0 Å². The average Bonchev–Trinajstić information content (AvgIpc) is 2.78. The Morgan fingerprint density at radius 3 is 2.80 bits per heavy atom. The van der Waals surface area contributed by atoms with Gasteiger partial charge in [-0.2, -0.15) is 0 Å². The Balaban J connectivity index is 2.85. The zero-order chi connectivity index (χ0) is 11.3. The smallest absolute Gasteiger partial charge is 0.115 e. The molecule has 0 aromatic heterocycles. The van der Waals surface area contributed by atoms with E-state index in [1.54, 1.807) is 6.08 Å². The molecule has 0 heterocycles. The van der Waals surface area contributed by atoms with Crippen molar-refractivity contribution in [2.24, 2.45) is 5.92 Å². The van der Waals surface area contributed by atoms with Gasteiger partial charge in [0, 0.05) is 5.92 Å². The quantitative estimate of drug-likeness (QED) is 0.661. The van der Waals surface area contributed by atoms with Crippen LogP contribution in [0.25, 0.3) is 0 Å². The molecular weight excluding hydrogens is 188 g/mol. The van der Waals surface area contributed by atoms with E-state index in [-0.39, 0.29) is 12.5 Å². The van der Waals surface area contributed by atoms with Gasteiger partial charge >= 0.3 is 0 Å². The number of allylic oxidation sites excluding steroid dienone is 1. The van der Waals surface area contributed by atoms with Crippen LogP contribution < -0.4 is 0 Å². The van der Waals surface area contributed by atoms with Gasteiger partial charge in [-0.1, -0.05) is 25.5 Å². The molecule has 1 rings (SSSR count). The van der Waals surface area contributed by atoms with Gasteiger partial charge in [0.1, 0.15) is 5.60 Å². The minimum Gasteiger partial charge on any atom is -0.393 e. The molecule has 0 fully saturated rings. The summed E-state index contributed by atoms with van der Waals surface area (Å²) in [5, 5.41) is 20.0. The lowest BCUT2D eigenvalue weighted by Crippen LogP contribution is -2.42. The molecule has 15 heavy (non-hydrogen) atoms. The van der Waals surface area contributed by atoms with Crippen molar-refractivity contribution >= 4 is 0 Å². The first-order valence-corrected chi connectivity index (χ1v) is 5.84. The summed E-state index contributed by atoms with van der Waals surface area (Å²) in [6.45, 7) is 5.65. The predicted molar refractivity (Wildman–Crippen MR) is 62.6 cm³/mol. The number of aliphatic hydroxyl groups excluding tert-OH is 1. The lowest BCUT2D eigenvalue weighted by atomic mass is 9.78. The molecule has 0 aromatic carbocycles. The highest BCUT2D eigenvalue weighted by Gasteiger charge is 2.38. The molecule has 2 N–H and O–H groups in total. The molecule has 1 aliphatic carbocycles.